The van der Waals surface area contributed by atoms with Gasteiger partial charge in [0.1, 0.15) is 6.54 Å². The highest BCUT2D eigenvalue weighted by molar-refractivity contribution is 7.91. The maximum atomic E-state index is 13.5. The minimum absolute atomic E-state index is 0.0231. The molecule has 1 heterocycles. The first-order valence-electron chi connectivity index (χ1n) is 11.8. The Morgan fingerprint density at radius 2 is 1.69 bits per heavy atom. The first-order chi connectivity index (χ1) is 16.5. The lowest BCUT2D eigenvalue weighted by atomic mass is 9.75. The number of hydrogen-bond donors (Lipinski definition) is 0. The maximum Gasteiger partial charge on any atom is 0.325 e. The van der Waals surface area contributed by atoms with E-state index in [1.807, 2.05) is 31.4 Å². The lowest BCUT2D eigenvalue weighted by Gasteiger charge is -2.30. The lowest BCUT2D eigenvalue weighted by molar-refractivity contribution is -0.143. The molecule has 0 saturated heterocycles. The zero-order valence-electron chi connectivity index (χ0n) is 20.6. The molecule has 7 heteroatoms. The molecule has 0 unspecified atom stereocenters. The first-order valence-corrected chi connectivity index (χ1v) is 13.3. The molecule has 0 saturated carbocycles. The van der Waals surface area contributed by atoms with Gasteiger partial charge in [0.05, 0.1) is 16.4 Å². The van der Waals surface area contributed by atoms with Gasteiger partial charge in [-0.15, -0.1) is 0 Å². The summed E-state index contributed by atoms with van der Waals surface area (Å²) in [5, 5.41) is 0. The monoisotopic (exact) mass is 493 g/mol. The highest BCUT2D eigenvalue weighted by Crippen LogP contribution is 2.40. The van der Waals surface area contributed by atoms with Gasteiger partial charge in [0.2, 0.25) is 9.84 Å². The van der Waals surface area contributed by atoms with E-state index in [-0.39, 0.29) is 46.5 Å². The first kappa shape index (κ1) is 24.9. The van der Waals surface area contributed by atoms with Crippen molar-refractivity contribution in [1.82, 2.24) is 4.57 Å². The van der Waals surface area contributed by atoms with Gasteiger partial charge < -0.3 is 9.30 Å². The summed E-state index contributed by atoms with van der Waals surface area (Å²) < 4.78 is 34.0. The topological polar surface area (TPSA) is 82.4 Å². The molecule has 3 aromatic rings. The van der Waals surface area contributed by atoms with E-state index >= 15 is 0 Å². The average Bonchev–Trinajstić information content (AvgIpc) is 3.05. The summed E-state index contributed by atoms with van der Waals surface area (Å²) in [5.41, 5.74) is 3.41. The van der Waals surface area contributed by atoms with Crippen LogP contribution in [0, 0.1) is 12.3 Å². The van der Waals surface area contributed by atoms with Crippen molar-refractivity contribution in [3.63, 3.8) is 0 Å². The van der Waals surface area contributed by atoms with Crippen LogP contribution in [0.3, 0.4) is 0 Å². The number of esters is 1. The van der Waals surface area contributed by atoms with Crippen LogP contribution in [-0.2, 0) is 38.8 Å². The summed E-state index contributed by atoms with van der Waals surface area (Å²) in [6.07, 6.45) is 1.33. The fraction of sp³-hybridized carbons (Fsp3) is 0.357. The van der Waals surface area contributed by atoms with Gasteiger partial charge in [-0.25, -0.2) is 8.42 Å². The molecule has 0 fully saturated rings. The molecule has 0 radical (unpaired) electrons. The number of aromatic nitrogens is 1. The Hall–Kier alpha value is -3.19. The van der Waals surface area contributed by atoms with E-state index in [1.54, 1.807) is 55.5 Å². The van der Waals surface area contributed by atoms with Crippen molar-refractivity contribution in [3.05, 3.63) is 82.7 Å². The van der Waals surface area contributed by atoms with Crippen LogP contribution < -0.4 is 0 Å². The molecular weight excluding hydrogens is 462 g/mol. The third-order valence-corrected chi connectivity index (χ3v) is 8.47. The Balaban J connectivity index is 1.84. The number of hydrogen-bond acceptors (Lipinski definition) is 5. The Morgan fingerprint density at radius 3 is 2.37 bits per heavy atom. The number of sulfone groups is 1. The van der Waals surface area contributed by atoms with Gasteiger partial charge in [0.25, 0.3) is 0 Å². The van der Waals surface area contributed by atoms with Crippen LogP contribution in [0.4, 0.5) is 0 Å². The predicted molar refractivity (Wildman–Crippen MR) is 133 cm³/mol. The zero-order valence-corrected chi connectivity index (χ0v) is 21.4. The van der Waals surface area contributed by atoms with Crippen LogP contribution in [0.25, 0.3) is 0 Å². The van der Waals surface area contributed by atoms with Crippen molar-refractivity contribution in [2.24, 2.45) is 5.41 Å². The standard InChI is InChI=1S/C28H31NO5S/c1-5-34-26(31)18-29-19(2)22(27-23(29)16-28(3,4)17-24(27)30)15-20-11-9-10-14-25(20)35(32,33)21-12-7-6-8-13-21/h6-14H,5,15-18H2,1-4H3. The highest BCUT2D eigenvalue weighted by Gasteiger charge is 2.37. The van der Waals surface area contributed by atoms with E-state index in [4.69, 9.17) is 4.74 Å². The third kappa shape index (κ3) is 4.82. The number of ketones is 1. The summed E-state index contributed by atoms with van der Waals surface area (Å²) in [6, 6.07) is 15.3. The van der Waals surface area contributed by atoms with Gasteiger partial charge >= 0.3 is 5.97 Å². The number of nitrogens with zero attached hydrogens (tertiary/aromatic N) is 1. The van der Waals surface area contributed by atoms with E-state index in [1.165, 1.54) is 0 Å². The molecular formula is C28H31NO5S. The van der Waals surface area contributed by atoms with Crippen molar-refractivity contribution < 1.29 is 22.7 Å². The lowest BCUT2D eigenvalue weighted by Crippen LogP contribution is -2.29. The largest absolute Gasteiger partial charge is 0.465 e. The van der Waals surface area contributed by atoms with E-state index in [0.717, 1.165) is 17.0 Å². The van der Waals surface area contributed by atoms with Crippen molar-refractivity contribution in [2.75, 3.05) is 6.61 Å². The number of ether oxygens (including phenoxy) is 1. The smallest absolute Gasteiger partial charge is 0.325 e. The average molecular weight is 494 g/mol. The van der Waals surface area contributed by atoms with E-state index in [2.05, 4.69) is 0 Å². The van der Waals surface area contributed by atoms with Crippen molar-refractivity contribution in [2.45, 2.75) is 63.3 Å². The summed E-state index contributed by atoms with van der Waals surface area (Å²) in [7, 11) is -3.74. The Morgan fingerprint density at radius 1 is 1.03 bits per heavy atom. The summed E-state index contributed by atoms with van der Waals surface area (Å²) >= 11 is 0. The van der Waals surface area contributed by atoms with Gasteiger partial charge in [0.15, 0.2) is 5.78 Å². The number of Topliss-reactive ketones (excluding diaryl/α,β-unsaturated/α-hetero) is 1. The molecule has 0 spiro atoms. The molecule has 184 valence electrons. The molecule has 1 aromatic heterocycles. The van der Waals surface area contributed by atoms with Crippen LogP contribution >= 0.6 is 0 Å². The second-order valence-electron chi connectivity index (χ2n) is 9.82. The Labute approximate surface area is 206 Å². The molecule has 35 heavy (non-hydrogen) atoms. The van der Waals surface area contributed by atoms with Crippen LogP contribution in [0.5, 0.6) is 0 Å². The van der Waals surface area contributed by atoms with Crippen molar-refractivity contribution in [1.29, 1.82) is 0 Å². The molecule has 0 aliphatic heterocycles. The van der Waals surface area contributed by atoms with E-state index in [0.29, 0.717) is 24.0 Å². The normalized spacial score (nSPS) is 15.0. The van der Waals surface area contributed by atoms with E-state index in [9.17, 15) is 18.0 Å². The van der Waals surface area contributed by atoms with Crippen LogP contribution in [-0.4, -0.2) is 31.3 Å². The molecule has 1 aliphatic carbocycles. The summed E-state index contributed by atoms with van der Waals surface area (Å²) in [5.74, 6) is -0.330. The maximum absolute atomic E-state index is 13.5. The summed E-state index contributed by atoms with van der Waals surface area (Å²) in [4.78, 5) is 26.2. The van der Waals surface area contributed by atoms with Gasteiger partial charge in [-0.05, 0) is 55.0 Å². The number of carbonyl (C=O) groups is 2. The second kappa shape index (κ2) is 9.46. The molecule has 4 rings (SSSR count). The van der Waals surface area contributed by atoms with Gasteiger partial charge in [0, 0.05) is 29.8 Å². The number of rotatable bonds is 7. The molecule has 0 bridgehead atoms. The highest BCUT2D eigenvalue weighted by atomic mass is 32.2. The quantitative estimate of drug-likeness (QED) is 0.436. The summed E-state index contributed by atoms with van der Waals surface area (Å²) in [6.45, 7) is 8.05. The van der Waals surface area contributed by atoms with Crippen molar-refractivity contribution in [3.8, 4) is 0 Å². The fourth-order valence-corrected chi connectivity index (χ4v) is 6.51. The molecule has 0 N–H and O–H groups in total. The van der Waals surface area contributed by atoms with Gasteiger partial charge in [-0.3, -0.25) is 9.59 Å². The third-order valence-electron chi connectivity index (χ3n) is 6.60. The van der Waals surface area contributed by atoms with Crippen molar-refractivity contribution >= 4 is 21.6 Å². The molecule has 2 aromatic carbocycles. The number of carbonyl (C=O) groups excluding carboxylic acids is 2. The molecule has 0 amide bonds. The molecule has 1 aliphatic rings. The molecule has 6 nitrogen and oxygen atoms in total. The number of benzene rings is 2. The van der Waals surface area contributed by atoms with Crippen LogP contribution in [0.1, 0.15) is 60.1 Å². The van der Waals surface area contributed by atoms with Gasteiger partial charge in [-0.1, -0.05) is 50.2 Å². The Kier molecular flexibility index (Phi) is 6.73. The predicted octanol–water partition coefficient (Wildman–Crippen LogP) is 4.94. The SMILES string of the molecule is CCOC(=O)Cn1c(C)c(Cc2ccccc2S(=O)(=O)c2ccccc2)c2c1CC(C)(C)CC2=O. The van der Waals surface area contributed by atoms with Gasteiger partial charge in [-0.2, -0.15) is 0 Å². The Bertz CT molecular complexity index is 1380. The fourth-order valence-electron chi connectivity index (χ4n) is 5.00. The second-order valence-corrected chi connectivity index (χ2v) is 11.7. The van der Waals surface area contributed by atoms with Crippen LogP contribution in [0.2, 0.25) is 0 Å². The van der Waals surface area contributed by atoms with E-state index < -0.39 is 9.84 Å². The van der Waals surface area contributed by atoms with Crippen LogP contribution in [0.15, 0.2) is 64.4 Å². The minimum atomic E-state index is -3.74. The zero-order chi connectivity index (χ0) is 25.4. The minimum Gasteiger partial charge on any atom is -0.465 e. The molecule has 0 atom stereocenters. The number of fused-ring (bicyclic) bond motifs is 1.